The predicted octanol–water partition coefficient (Wildman–Crippen LogP) is 0.824. The molecule has 0 aliphatic rings. The Morgan fingerprint density at radius 1 is 1.37 bits per heavy atom. The predicted molar refractivity (Wildman–Crippen MR) is 78.0 cm³/mol. The second kappa shape index (κ2) is 5.68. The monoisotopic (exact) mass is 301 g/mol. The van der Waals surface area contributed by atoms with E-state index in [9.17, 15) is 8.42 Å². The average molecular weight is 301 g/mol. The van der Waals surface area contributed by atoms with Gasteiger partial charge in [0.05, 0.1) is 11.1 Å². The number of primary sulfonamides is 1. The molecule has 2 aromatic rings. The summed E-state index contributed by atoms with van der Waals surface area (Å²) in [5, 5.41) is 13.8. The smallest absolute Gasteiger partial charge is 0.226 e. The summed E-state index contributed by atoms with van der Waals surface area (Å²) in [6, 6.07) is 1.90. The van der Waals surface area contributed by atoms with E-state index in [2.05, 4.69) is 20.6 Å². The van der Waals surface area contributed by atoms with Gasteiger partial charge in [-0.2, -0.15) is 4.98 Å². The standard InChI is InChI=1S/C10H15N5O2S2/c1-2-12-10-14-8(13-4-6-19(11,16)17)7-3-5-18-9(7)15-10/h3,5H,2,4,6H2,1H3,(H2,11,16,17)(H2,12,13,14,15). The fourth-order valence-corrected chi connectivity index (χ4v) is 2.69. The van der Waals surface area contributed by atoms with Crippen LogP contribution in [-0.4, -0.2) is 37.2 Å². The first-order valence-corrected chi connectivity index (χ1v) is 8.32. The van der Waals surface area contributed by atoms with Gasteiger partial charge >= 0.3 is 0 Å². The first-order chi connectivity index (χ1) is 8.99. The lowest BCUT2D eigenvalue weighted by atomic mass is 10.4. The molecule has 2 aromatic heterocycles. The van der Waals surface area contributed by atoms with Crippen LogP contribution in [0.4, 0.5) is 11.8 Å². The largest absolute Gasteiger partial charge is 0.368 e. The van der Waals surface area contributed by atoms with Crippen LogP contribution < -0.4 is 15.8 Å². The fourth-order valence-electron chi connectivity index (χ4n) is 1.54. The number of fused-ring (bicyclic) bond motifs is 1. The van der Waals surface area contributed by atoms with Crippen molar-refractivity contribution in [3.8, 4) is 0 Å². The van der Waals surface area contributed by atoms with Crippen molar-refractivity contribution in [2.24, 2.45) is 5.14 Å². The minimum absolute atomic E-state index is 0.140. The number of sulfonamides is 1. The summed E-state index contributed by atoms with van der Waals surface area (Å²) in [7, 11) is -3.47. The lowest BCUT2D eigenvalue weighted by Gasteiger charge is -2.08. The number of aromatic nitrogens is 2. The van der Waals surface area contributed by atoms with Crippen molar-refractivity contribution in [3.05, 3.63) is 11.4 Å². The number of hydrogen-bond acceptors (Lipinski definition) is 7. The topological polar surface area (TPSA) is 110 Å². The summed E-state index contributed by atoms with van der Waals surface area (Å²) in [4.78, 5) is 9.53. The summed E-state index contributed by atoms with van der Waals surface area (Å²) >= 11 is 1.51. The van der Waals surface area contributed by atoms with Crippen LogP contribution in [0.5, 0.6) is 0 Å². The lowest BCUT2D eigenvalue weighted by Crippen LogP contribution is -2.22. The van der Waals surface area contributed by atoms with Crippen LogP contribution in [0.25, 0.3) is 10.2 Å². The van der Waals surface area contributed by atoms with E-state index < -0.39 is 10.0 Å². The van der Waals surface area contributed by atoms with Gasteiger partial charge in [0, 0.05) is 13.1 Å². The Morgan fingerprint density at radius 3 is 2.84 bits per heavy atom. The molecule has 2 heterocycles. The van der Waals surface area contributed by atoms with Gasteiger partial charge in [-0.15, -0.1) is 11.3 Å². The maximum atomic E-state index is 10.9. The normalized spacial score (nSPS) is 11.7. The molecule has 2 rings (SSSR count). The van der Waals surface area contributed by atoms with Crippen LogP contribution in [0.3, 0.4) is 0 Å². The molecule has 0 aliphatic heterocycles. The number of nitrogens with two attached hydrogens (primary N) is 1. The second-order valence-electron chi connectivity index (χ2n) is 3.86. The Kier molecular flexibility index (Phi) is 4.17. The van der Waals surface area contributed by atoms with Gasteiger partial charge in [-0.1, -0.05) is 0 Å². The second-order valence-corrected chi connectivity index (χ2v) is 6.49. The van der Waals surface area contributed by atoms with Crippen LogP contribution in [0.1, 0.15) is 6.92 Å². The van der Waals surface area contributed by atoms with Gasteiger partial charge in [-0.25, -0.2) is 18.5 Å². The zero-order valence-electron chi connectivity index (χ0n) is 10.4. The van der Waals surface area contributed by atoms with Gasteiger partial charge in [-0.3, -0.25) is 0 Å². The molecule has 4 N–H and O–H groups in total. The number of hydrogen-bond donors (Lipinski definition) is 3. The van der Waals surface area contributed by atoms with E-state index in [-0.39, 0.29) is 12.3 Å². The van der Waals surface area contributed by atoms with Crippen LogP contribution >= 0.6 is 11.3 Å². The van der Waals surface area contributed by atoms with E-state index >= 15 is 0 Å². The maximum Gasteiger partial charge on any atom is 0.226 e. The maximum absolute atomic E-state index is 10.9. The van der Waals surface area contributed by atoms with Gasteiger partial charge in [0.2, 0.25) is 16.0 Å². The Hall–Kier alpha value is -1.45. The molecule has 0 atom stereocenters. The zero-order chi connectivity index (χ0) is 13.9. The Labute approximate surface area is 115 Å². The minimum Gasteiger partial charge on any atom is -0.368 e. The number of nitrogens with one attached hydrogen (secondary N) is 2. The van der Waals surface area contributed by atoms with Crippen LogP contribution in [-0.2, 0) is 10.0 Å². The Bertz CT molecular complexity index is 668. The molecule has 0 unspecified atom stereocenters. The van der Waals surface area contributed by atoms with E-state index in [0.717, 1.165) is 10.2 Å². The zero-order valence-corrected chi connectivity index (χ0v) is 12.0. The number of rotatable bonds is 6. The highest BCUT2D eigenvalue weighted by Crippen LogP contribution is 2.26. The third-order valence-electron chi connectivity index (χ3n) is 2.34. The van der Waals surface area contributed by atoms with Crippen molar-refractivity contribution in [3.63, 3.8) is 0 Å². The lowest BCUT2D eigenvalue weighted by molar-refractivity contribution is 0.598. The van der Waals surface area contributed by atoms with Gasteiger partial charge in [0.25, 0.3) is 0 Å². The summed E-state index contributed by atoms with van der Waals surface area (Å²) in [6.45, 7) is 2.88. The highest BCUT2D eigenvalue weighted by Gasteiger charge is 2.09. The van der Waals surface area contributed by atoms with Gasteiger partial charge in [0.1, 0.15) is 10.6 Å². The van der Waals surface area contributed by atoms with Crippen molar-refractivity contribution in [1.29, 1.82) is 0 Å². The molecule has 0 saturated carbocycles. The Morgan fingerprint density at radius 2 is 2.16 bits per heavy atom. The van der Waals surface area contributed by atoms with Gasteiger partial charge in [-0.05, 0) is 18.4 Å². The van der Waals surface area contributed by atoms with E-state index in [1.807, 2.05) is 18.4 Å². The fraction of sp³-hybridized carbons (Fsp3) is 0.400. The van der Waals surface area contributed by atoms with Crippen molar-refractivity contribution in [2.75, 3.05) is 29.5 Å². The first-order valence-electron chi connectivity index (χ1n) is 5.73. The third-order valence-corrected chi connectivity index (χ3v) is 3.92. The summed E-state index contributed by atoms with van der Waals surface area (Å²) < 4.78 is 21.8. The molecule has 104 valence electrons. The van der Waals surface area contributed by atoms with E-state index in [0.29, 0.717) is 18.3 Å². The summed E-state index contributed by atoms with van der Waals surface area (Å²) in [6.07, 6.45) is 0. The molecule has 0 spiro atoms. The molecular formula is C10H15N5O2S2. The van der Waals surface area contributed by atoms with Gasteiger partial charge < -0.3 is 10.6 Å². The number of anilines is 2. The van der Waals surface area contributed by atoms with Gasteiger partial charge in [0.15, 0.2) is 0 Å². The first kappa shape index (κ1) is 14.0. The molecule has 0 amide bonds. The van der Waals surface area contributed by atoms with E-state index in [1.54, 1.807) is 0 Å². The molecule has 0 bridgehead atoms. The third kappa shape index (κ3) is 3.75. The van der Waals surface area contributed by atoms with Crippen LogP contribution in [0.15, 0.2) is 11.4 Å². The molecule has 0 aromatic carbocycles. The molecule has 0 saturated heterocycles. The van der Waals surface area contributed by atoms with Crippen molar-refractivity contribution in [1.82, 2.24) is 9.97 Å². The average Bonchev–Trinajstić information content (AvgIpc) is 2.76. The molecule has 19 heavy (non-hydrogen) atoms. The molecule has 7 nitrogen and oxygen atoms in total. The molecule has 0 fully saturated rings. The molecule has 0 aliphatic carbocycles. The molecular weight excluding hydrogens is 286 g/mol. The molecule has 0 radical (unpaired) electrons. The highest BCUT2D eigenvalue weighted by molar-refractivity contribution is 7.89. The SMILES string of the molecule is CCNc1nc(NCCS(N)(=O)=O)c2ccsc2n1. The van der Waals surface area contributed by atoms with Crippen LogP contribution in [0.2, 0.25) is 0 Å². The number of thiophene rings is 1. The van der Waals surface area contributed by atoms with E-state index in [1.165, 1.54) is 11.3 Å². The summed E-state index contributed by atoms with van der Waals surface area (Å²) in [5.74, 6) is 1.00. The summed E-state index contributed by atoms with van der Waals surface area (Å²) in [5.41, 5.74) is 0. The minimum atomic E-state index is -3.47. The van der Waals surface area contributed by atoms with Crippen LogP contribution in [0, 0.1) is 0 Å². The quantitative estimate of drug-likeness (QED) is 0.728. The van der Waals surface area contributed by atoms with E-state index in [4.69, 9.17) is 5.14 Å². The van der Waals surface area contributed by atoms with Crippen molar-refractivity contribution >= 4 is 43.3 Å². The van der Waals surface area contributed by atoms with Crippen molar-refractivity contribution < 1.29 is 8.42 Å². The molecule has 9 heteroatoms. The number of nitrogens with zero attached hydrogens (tertiary/aromatic N) is 2. The van der Waals surface area contributed by atoms with Crippen molar-refractivity contribution in [2.45, 2.75) is 6.92 Å². The highest BCUT2D eigenvalue weighted by atomic mass is 32.2. The Balaban J connectivity index is 2.22.